The van der Waals surface area contributed by atoms with Gasteiger partial charge in [0.2, 0.25) is 5.91 Å². The summed E-state index contributed by atoms with van der Waals surface area (Å²) in [6.45, 7) is 6.25. The molecule has 0 aliphatic carbocycles. The number of anilines is 1. The van der Waals surface area contributed by atoms with Crippen molar-refractivity contribution in [2.45, 2.75) is 38.8 Å². The van der Waals surface area contributed by atoms with Crippen molar-refractivity contribution in [2.75, 3.05) is 25.2 Å². The first-order valence-corrected chi connectivity index (χ1v) is 7.70. The lowest BCUT2D eigenvalue weighted by Crippen LogP contribution is -2.50. The van der Waals surface area contributed by atoms with Crippen LogP contribution in [0.1, 0.15) is 26.3 Å². The van der Waals surface area contributed by atoms with E-state index < -0.39 is 17.7 Å². The maximum absolute atomic E-state index is 12.6. The standard InChI is InChI=1S/C17H24N2O4/c1-17(2,3)23-16(21)19-13-8-6-5-7-12(13)11-14(19)15(20)18-9-10-22-4/h5-8,14H,9-11H2,1-4H3,(H,18,20). The molecule has 1 aromatic rings. The van der Waals surface area contributed by atoms with Gasteiger partial charge in [0.15, 0.2) is 0 Å². The van der Waals surface area contributed by atoms with Gasteiger partial charge in [-0.15, -0.1) is 0 Å². The third-order valence-electron chi connectivity index (χ3n) is 3.47. The molecule has 6 nitrogen and oxygen atoms in total. The van der Waals surface area contributed by atoms with Crippen molar-refractivity contribution in [3.8, 4) is 0 Å². The average molecular weight is 320 g/mol. The zero-order chi connectivity index (χ0) is 17.0. The summed E-state index contributed by atoms with van der Waals surface area (Å²) in [7, 11) is 1.57. The van der Waals surface area contributed by atoms with E-state index in [-0.39, 0.29) is 5.91 Å². The zero-order valence-corrected chi connectivity index (χ0v) is 14.1. The van der Waals surface area contributed by atoms with Gasteiger partial charge in [0.05, 0.1) is 12.3 Å². The fraction of sp³-hybridized carbons (Fsp3) is 0.529. The highest BCUT2D eigenvalue weighted by Gasteiger charge is 2.40. The first kappa shape index (κ1) is 17.3. The van der Waals surface area contributed by atoms with Crippen LogP contribution in [0.25, 0.3) is 0 Å². The molecule has 0 fully saturated rings. The lowest BCUT2D eigenvalue weighted by molar-refractivity contribution is -0.122. The fourth-order valence-electron chi connectivity index (χ4n) is 2.53. The molecule has 0 radical (unpaired) electrons. The molecule has 1 aliphatic rings. The van der Waals surface area contributed by atoms with Crippen LogP contribution in [0.15, 0.2) is 24.3 Å². The first-order valence-electron chi connectivity index (χ1n) is 7.70. The van der Waals surface area contributed by atoms with Crippen LogP contribution in [-0.2, 0) is 20.7 Å². The number of carbonyl (C=O) groups is 2. The third-order valence-corrected chi connectivity index (χ3v) is 3.47. The number of benzene rings is 1. The number of carbonyl (C=O) groups excluding carboxylic acids is 2. The molecule has 0 saturated carbocycles. The zero-order valence-electron chi connectivity index (χ0n) is 14.1. The highest BCUT2D eigenvalue weighted by Crippen LogP contribution is 2.33. The summed E-state index contributed by atoms with van der Waals surface area (Å²) in [5, 5.41) is 2.79. The molecule has 23 heavy (non-hydrogen) atoms. The van der Waals surface area contributed by atoms with Crippen LogP contribution in [-0.4, -0.2) is 43.9 Å². The highest BCUT2D eigenvalue weighted by atomic mass is 16.6. The van der Waals surface area contributed by atoms with E-state index in [0.29, 0.717) is 19.6 Å². The minimum atomic E-state index is -0.619. The predicted molar refractivity (Wildman–Crippen MR) is 87.5 cm³/mol. The first-order chi connectivity index (χ1) is 10.8. The Hall–Kier alpha value is -2.08. The number of nitrogens with one attached hydrogen (secondary N) is 1. The van der Waals surface area contributed by atoms with Crippen LogP contribution < -0.4 is 10.2 Å². The van der Waals surface area contributed by atoms with Crippen molar-refractivity contribution in [1.29, 1.82) is 0 Å². The molecule has 1 aliphatic heterocycles. The third kappa shape index (κ3) is 4.22. The van der Waals surface area contributed by atoms with E-state index in [2.05, 4.69) is 5.32 Å². The number of methoxy groups -OCH3 is 1. The predicted octanol–water partition coefficient (Wildman–Crippen LogP) is 2.12. The average Bonchev–Trinajstić information content (AvgIpc) is 2.85. The van der Waals surface area contributed by atoms with E-state index in [0.717, 1.165) is 11.3 Å². The van der Waals surface area contributed by atoms with Crippen LogP contribution in [0.3, 0.4) is 0 Å². The molecule has 0 saturated heterocycles. The van der Waals surface area contributed by atoms with E-state index in [4.69, 9.17) is 9.47 Å². The number of fused-ring (bicyclic) bond motifs is 1. The summed E-state index contributed by atoms with van der Waals surface area (Å²) in [4.78, 5) is 26.5. The maximum Gasteiger partial charge on any atom is 0.415 e. The summed E-state index contributed by atoms with van der Waals surface area (Å²) in [5.74, 6) is -0.205. The molecular weight excluding hydrogens is 296 g/mol. The van der Waals surface area contributed by atoms with Crippen molar-refractivity contribution in [3.63, 3.8) is 0 Å². The topological polar surface area (TPSA) is 67.9 Å². The van der Waals surface area contributed by atoms with E-state index >= 15 is 0 Å². The molecule has 2 rings (SSSR count). The Morgan fingerprint density at radius 1 is 1.30 bits per heavy atom. The van der Waals surface area contributed by atoms with Gasteiger partial charge in [-0.3, -0.25) is 9.69 Å². The molecule has 6 heteroatoms. The van der Waals surface area contributed by atoms with E-state index in [1.807, 2.05) is 24.3 Å². The van der Waals surface area contributed by atoms with Gasteiger partial charge in [-0.25, -0.2) is 4.79 Å². The molecule has 0 aromatic heterocycles. The monoisotopic (exact) mass is 320 g/mol. The number of hydrogen-bond donors (Lipinski definition) is 1. The van der Waals surface area contributed by atoms with Crippen LogP contribution in [0.5, 0.6) is 0 Å². The van der Waals surface area contributed by atoms with E-state index in [9.17, 15) is 9.59 Å². The molecule has 0 spiro atoms. The van der Waals surface area contributed by atoms with Crippen molar-refractivity contribution in [1.82, 2.24) is 5.32 Å². The Morgan fingerprint density at radius 2 is 2.00 bits per heavy atom. The molecule has 1 heterocycles. The summed E-state index contributed by atoms with van der Waals surface area (Å²) < 4.78 is 10.4. The van der Waals surface area contributed by atoms with Crippen molar-refractivity contribution in [2.24, 2.45) is 0 Å². The molecule has 2 amide bonds. The maximum atomic E-state index is 12.6. The normalized spacial score (nSPS) is 16.9. The number of amides is 2. The summed E-state index contributed by atoms with van der Waals surface area (Å²) in [6, 6.07) is 6.91. The second-order valence-electron chi connectivity index (χ2n) is 6.48. The second kappa shape index (κ2) is 7.00. The second-order valence-corrected chi connectivity index (χ2v) is 6.48. The number of rotatable bonds is 4. The van der Waals surface area contributed by atoms with Gasteiger partial charge in [-0.2, -0.15) is 0 Å². The Kier molecular flexibility index (Phi) is 5.26. The van der Waals surface area contributed by atoms with Gasteiger partial charge in [-0.05, 0) is 32.4 Å². The number of hydrogen-bond acceptors (Lipinski definition) is 4. The van der Waals surface area contributed by atoms with E-state index in [1.54, 1.807) is 27.9 Å². The number of para-hydroxylation sites is 1. The van der Waals surface area contributed by atoms with Gasteiger partial charge >= 0.3 is 6.09 Å². The Morgan fingerprint density at radius 3 is 2.65 bits per heavy atom. The number of ether oxygens (including phenoxy) is 2. The molecule has 1 unspecified atom stereocenters. The van der Waals surface area contributed by atoms with Crippen LogP contribution in [0, 0.1) is 0 Å². The van der Waals surface area contributed by atoms with Crippen LogP contribution in [0.2, 0.25) is 0 Å². The van der Waals surface area contributed by atoms with Crippen molar-refractivity contribution < 1.29 is 19.1 Å². The quantitative estimate of drug-likeness (QED) is 0.863. The number of nitrogens with zero attached hydrogens (tertiary/aromatic N) is 1. The van der Waals surface area contributed by atoms with Crippen LogP contribution >= 0.6 is 0 Å². The molecule has 1 N–H and O–H groups in total. The van der Waals surface area contributed by atoms with Gasteiger partial charge < -0.3 is 14.8 Å². The van der Waals surface area contributed by atoms with Crippen molar-refractivity contribution >= 4 is 17.7 Å². The molecule has 126 valence electrons. The lowest BCUT2D eigenvalue weighted by Gasteiger charge is -2.28. The minimum absolute atomic E-state index is 0.205. The molecule has 0 bridgehead atoms. The molecule has 1 atom stereocenters. The summed E-state index contributed by atoms with van der Waals surface area (Å²) in [6.07, 6.45) is -0.0249. The Balaban J connectivity index is 2.21. The summed E-state index contributed by atoms with van der Waals surface area (Å²) >= 11 is 0. The van der Waals surface area contributed by atoms with Crippen LogP contribution in [0.4, 0.5) is 10.5 Å². The molecular formula is C17H24N2O4. The smallest absolute Gasteiger partial charge is 0.415 e. The Bertz CT molecular complexity index is 580. The van der Waals surface area contributed by atoms with Crippen molar-refractivity contribution in [3.05, 3.63) is 29.8 Å². The SMILES string of the molecule is COCCNC(=O)C1Cc2ccccc2N1C(=O)OC(C)(C)C. The van der Waals surface area contributed by atoms with Gasteiger partial charge in [0, 0.05) is 20.1 Å². The van der Waals surface area contributed by atoms with E-state index in [1.165, 1.54) is 4.90 Å². The Labute approximate surface area is 136 Å². The summed E-state index contributed by atoms with van der Waals surface area (Å²) in [5.41, 5.74) is 1.07. The fourth-order valence-corrected chi connectivity index (χ4v) is 2.53. The van der Waals surface area contributed by atoms with Gasteiger partial charge in [0.1, 0.15) is 11.6 Å². The minimum Gasteiger partial charge on any atom is -0.443 e. The van der Waals surface area contributed by atoms with Gasteiger partial charge in [0.25, 0.3) is 0 Å². The molecule has 1 aromatic carbocycles. The highest BCUT2D eigenvalue weighted by molar-refractivity contribution is 6.00. The van der Waals surface area contributed by atoms with Gasteiger partial charge in [-0.1, -0.05) is 18.2 Å². The lowest BCUT2D eigenvalue weighted by atomic mass is 10.1. The largest absolute Gasteiger partial charge is 0.443 e.